The molecule has 0 amide bonds. The first-order valence-corrected chi connectivity index (χ1v) is 5.93. The van der Waals surface area contributed by atoms with Crippen molar-refractivity contribution < 1.29 is 0 Å². The van der Waals surface area contributed by atoms with Gasteiger partial charge in [0.15, 0.2) is 0 Å². The van der Waals surface area contributed by atoms with Crippen LogP contribution in [0.4, 0.5) is 0 Å². The summed E-state index contributed by atoms with van der Waals surface area (Å²) in [6.07, 6.45) is 2.01. The van der Waals surface area contributed by atoms with Crippen molar-refractivity contribution in [2.24, 2.45) is 0 Å². The van der Waals surface area contributed by atoms with E-state index in [4.69, 9.17) is 0 Å². The summed E-state index contributed by atoms with van der Waals surface area (Å²) >= 11 is 1.81. The standard InChI is InChI=1S/C10H17N3S/c1-8-5-11-3-4-13(8)7-10-6-12-9(2)14-10/h6,8,11H,3-5,7H2,1-2H3/t8-/m0/s1. The molecule has 1 atom stereocenters. The zero-order valence-corrected chi connectivity index (χ0v) is 9.60. The number of thiazole rings is 1. The monoisotopic (exact) mass is 211 g/mol. The van der Waals surface area contributed by atoms with Gasteiger partial charge in [0.1, 0.15) is 0 Å². The van der Waals surface area contributed by atoms with Crippen LogP contribution in [0.25, 0.3) is 0 Å². The van der Waals surface area contributed by atoms with Crippen LogP contribution in [0.3, 0.4) is 0 Å². The van der Waals surface area contributed by atoms with E-state index in [0.717, 1.165) is 26.2 Å². The minimum atomic E-state index is 0.645. The van der Waals surface area contributed by atoms with Crippen LogP contribution in [0.1, 0.15) is 16.8 Å². The molecule has 3 nitrogen and oxygen atoms in total. The van der Waals surface area contributed by atoms with Crippen LogP contribution in [0.15, 0.2) is 6.20 Å². The molecule has 1 aliphatic heterocycles. The number of rotatable bonds is 2. The lowest BCUT2D eigenvalue weighted by atomic mass is 10.2. The van der Waals surface area contributed by atoms with Gasteiger partial charge in [0.25, 0.3) is 0 Å². The minimum absolute atomic E-state index is 0.645. The van der Waals surface area contributed by atoms with Gasteiger partial charge in [-0.3, -0.25) is 4.90 Å². The van der Waals surface area contributed by atoms with Gasteiger partial charge >= 0.3 is 0 Å². The van der Waals surface area contributed by atoms with Gasteiger partial charge in [0, 0.05) is 43.3 Å². The molecule has 1 saturated heterocycles. The first-order chi connectivity index (χ1) is 6.75. The smallest absolute Gasteiger partial charge is 0.0897 e. The second kappa shape index (κ2) is 4.38. The highest BCUT2D eigenvalue weighted by Gasteiger charge is 2.18. The molecule has 0 bridgehead atoms. The van der Waals surface area contributed by atoms with Crippen LogP contribution >= 0.6 is 11.3 Å². The molecule has 14 heavy (non-hydrogen) atoms. The van der Waals surface area contributed by atoms with Crippen LogP contribution in [0, 0.1) is 6.92 Å². The van der Waals surface area contributed by atoms with Gasteiger partial charge in [-0.15, -0.1) is 11.3 Å². The Kier molecular flexibility index (Phi) is 3.15. The highest BCUT2D eigenvalue weighted by molar-refractivity contribution is 7.11. The molecule has 0 aliphatic carbocycles. The average Bonchev–Trinajstić information content (AvgIpc) is 2.56. The Labute approximate surface area is 89.1 Å². The number of hydrogen-bond acceptors (Lipinski definition) is 4. The van der Waals surface area contributed by atoms with E-state index >= 15 is 0 Å². The lowest BCUT2D eigenvalue weighted by molar-refractivity contribution is 0.167. The Hall–Kier alpha value is -0.450. The molecule has 0 saturated carbocycles. The topological polar surface area (TPSA) is 28.2 Å². The van der Waals surface area contributed by atoms with Crippen molar-refractivity contribution in [1.82, 2.24) is 15.2 Å². The number of nitrogens with one attached hydrogen (secondary N) is 1. The lowest BCUT2D eigenvalue weighted by Gasteiger charge is -2.33. The predicted molar refractivity (Wildman–Crippen MR) is 59.6 cm³/mol. The fourth-order valence-electron chi connectivity index (χ4n) is 1.80. The molecule has 0 radical (unpaired) electrons. The van der Waals surface area contributed by atoms with Crippen molar-refractivity contribution in [2.45, 2.75) is 26.4 Å². The third-order valence-electron chi connectivity index (χ3n) is 2.67. The van der Waals surface area contributed by atoms with E-state index in [2.05, 4.69) is 29.0 Å². The summed E-state index contributed by atoms with van der Waals surface area (Å²) in [5.41, 5.74) is 0. The van der Waals surface area contributed by atoms with Crippen molar-refractivity contribution in [3.8, 4) is 0 Å². The highest BCUT2D eigenvalue weighted by Crippen LogP contribution is 2.16. The minimum Gasteiger partial charge on any atom is -0.314 e. The molecule has 2 heterocycles. The van der Waals surface area contributed by atoms with Crippen molar-refractivity contribution >= 4 is 11.3 Å². The predicted octanol–water partition coefficient (Wildman–Crippen LogP) is 1.25. The second-order valence-corrected chi connectivity index (χ2v) is 5.19. The molecule has 1 N–H and O–H groups in total. The third kappa shape index (κ3) is 2.32. The summed E-state index contributed by atoms with van der Waals surface area (Å²) in [6.45, 7) is 8.78. The van der Waals surface area contributed by atoms with Gasteiger partial charge in [-0.25, -0.2) is 4.98 Å². The molecule has 0 aromatic carbocycles. The van der Waals surface area contributed by atoms with Crippen molar-refractivity contribution in [3.05, 3.63) is 16.1 Å². The molecule has 1 aliphatic rings. The zero-order valence-electron chi connectivity index (χ0n) is 8.79. The van der Waals surface area contributed by atoms with Crippen LogP contribution < -0.4 is 5.32 Å². The fourth-order valence-corrected chi connectivity index (χ4v) is 2.62. The molecular formula is C10H17N3S. The molecule has 78 valence electrons. The Morgan fingerprint density at radius 3 is 3.21 bits per heavy atom. The SMILES string of the molecule is Cc1ncc(CN2CCNC[C@@H]2C)s1. The molecule has 0 unspecified atom stereocenters. The summed E-state index contributed by atoms with van der Waals surface area (Å²) in [6, 6.07) is 0.645. The summed E-state index contributed by atoms with van der Waals surface area (Å²) in [4.78, 5) is 8.19. The van der Waals surface area contributed by atoms with E-state index in [1.807, 2.05) is 17.5 Å². The summed E-state index contributed by atoms with van der Waals surface area (Å²) in [5.74, 6) is 0. The maximum atomic E-state index is 4.28. The highest BCUT2D eigenvalue weighted by atomic mass is 32.1. The third-order valence-corrected chi connectivity index (χ3v) is 3.56. The van der Waals surface area contributed by atoms with E-state index in [1.165, 1.54) is 9.88 Å². The number of aryl methyl sites for hydroxylation is 1. The average molecular weight is 211 g/mol. The van der Waals surface area contributed by atoms with Crippen LogP contribution in [0.5, 0.6) is 0 Å². The lowest BCUT2D eigenvalue weighted by Crippen LogP contribution is -2.49. The quantitative estimate of drug-likeness (QED) is 0.798. The Balaban J connectivity index is 1.95. The number of hydrogen-bond donors (Lipinski definition) is 1. The maximum Gasteiger partial charge on any atom is 0.0897 e. The first kappa shape index (κ1) is 10.1. The van der Waals surface area contributed by atoms with Gasteiger partial charge in [0.2, 0.25) is 0 Å². The molecule has 4 heteroatoms. The number of piperazine rings is 1. The summed E-state index contributed by atoms with van der Waals surface area (Å²) in [5, 5.41) is 4.57. The first-order valence-electron chi connectivity index (χ1n) is 5.12. The molecule has 1 aromatic rings. The largest absolute Gasteiger partial charge is 0.314 e. The van der Waals surface area contributed by atoms with Gasteiger partial charge in [0.05, 0.1) is 5.01 Å². The number of aromatic nitrogens is 1. The van der Waals surface area contributed by atoms with Gasteiger partial charge in [-0.2, -0.15) is 0 Å². The molecular weight excluding hydrogens is 194 g/mol. The fraction of sp³-hybridized carbons (Fsp3) is 0.700. The normalized spacial score (nSPS) is 24.0. The van der Waals surface area contributed by atoms with Crippen LogP contribution in [-0.2, 0) is 6.54 Å². The Bertz CT molecular complexity index is 297. The van der Waals surface area contributed by atoms with Gasteiger partial charge in [-0.1, -0.05) is 0 Å². The second-order valence-electron chi connectivity index (χ2n) is 3.87. The van der Waals surface area contributed by atoms with E-state index in [-0.39, 0.29) is 0 Å². The maximum absolute atomic E-state index is 4.28. The van der Waals surface area contributed by atoms with Crippen LogP contribution in [-0.4, -0.2) is 35.6 Å². The van der Waals surface area contributed by atoms with E-state index in [1.54, 1.807) is 0 Å². The number of nitrogens with zero attached hydrogens (tertiary/aromatic N) is 2. The summed E-state index contributed by atoms with van der Waals surface area (Å²) < 4.78 is 0. The molecule has 1 fully saturated rings. The van der Waals surface area contributed by atoms with Crippen molar-refractivity contribution in [3.63, 3.8) is 0 Å². The van der Waals surface area contributed by atoms with Crippen molar-refractivity contribution in [1.29, 1.82) is 0 Å². The molecule has 1 aromatic heterocycles. The van der Waals surface area contributed by atoms with Gasteiger partial charge < -0.3 is 5.32 Å². The molecule has 0 spiro atoms. The zero-order chi connectivity index (χ0) is 9.97. The van der Waals surface area contributed by atoms with Crippen molar-refractivity contribution in [2.75, 3.05) is 19.6 Å². The molecule has 2 rings (SSSR count). The van der Waals surface area contributed by atoms with E-state index in [9.17, 15) is 0 Å². The van der Waals surface area contributed by atoms with E-state index < -0.39 is 0 Å². The van der Waals surface area contributed by atoms with Gasteiger partial charge in [-0.05, 0) is 13.8 Å². The summed E-state index contributed by atoms with van der Waals surface area (Å²) in [7, 11) is 0. The van der Waals surface area contributed by atoms with E-state index in [0.29, 0.717) is 6.04 Å². The Morgan fingerprint density at radius 2 is 2.57 bits per heavy atom. The van der Waals surface area contributed by atoms with Crippen LogP contribution in [0.2, 0.25) is 0 Å². The Morgan fingerprint density at radius 1 is 1.71 bits per heavy atom.